The van der Waals surface area contributed by atoms with Crippen molar-refractivity contribution in [1.82, 2.24) is 5.32 Å². The first-order chi connectivity index (χ1) is 4.95. The predicted octanol–water partition coefficient (Wildman–Crippen LogP) is -0.0394. The largest absolute Gasteiger partial charge is 0.320 e. The molecule has 0 amide bonds. The normalized spacial score (nSPS) is 14.8. The fourth-order valence-electron chi connectivity index (χ4n) is 0.694. The van der Waals surface area contributed by atoms with Crippen molar-refractivity contribution in [2.24, 2.45) is 0 Å². The molecule has 0 fully saturated rings. The predicted molar refractivity (Wildman–Crippen MR) is 43.9 cm³/mol. The average molecular weight is 181 g/mol. The summed E-state index contributed by atoms with van der Waals surface area (Å²) in [6, 6.07) is 0. The molecule has 11 heavy (non-hydrogen) atoms. The minimum Gasteiger partial charge on any atom is -0.320 e. The SMILES string of the molecule is CNCCC(C)OS(C)(=O)=O. The lowest BCUT2D eigenvalue weighted by Gasteiger charge is -2.09. The Bertz CT molecular complexity index is 188. The molecule has 1 N–H and O–H groups in total. The van der Waals surface area contributed by atoms with Crippen LogP contribution in [0.2, 0.25) is 0 Å². The molecule has 0 radical (unpaired) electrons. The Morgan fingerprint density at radius 1 is 1.55 bits per heavy atom. The summed E-state index contributed by atoms with van der Waals surface area (Å²) in [5.74, 6) is 0. The second-order valence-electron chi connectivity index (χ2n) is 2.50. The molecule has 0 saturated heterocycles. The maximum absolute atomic E-state index is 10.6. The molecule has 1 atom stereocenters. The zero-order chi connectivity index (χ0) is 8.91. The molecule has 0 aliphatic rings. The Morgan fingerprint density at radius 3 is 2.45 bits per heavy atom. The summed E-state index contributed by atoms with van der Waals surface area (Å²) in [4.78, 5) is 0. The van der Waals surface area contributed by atoms with Gasteiger partial charge >= 0.3 is 0 Å². The molecule has 0 heterocycles. The minimum atomic E-state index is -3.28. The van der Waals surface area contributed by atoms with Gasteiger partial charge in [-0.1, -0.05) is 0 Å². The molecule has 0 aromatic carbocycles. The van der Waals surface area contributed by atoms with E-state index in [-0.39, 0.29) is 6.10 Å². The summed E-state index contributed by atoms with van der Waals surface area (Å²) < 4.78 is 25.8. The lowest BCUT2D eigenvalue weighted by Crippen LogP contribution is -2.19. The summed E-state index contributed by atoms with van der Waals surface area (Å²) in [6.07, 6.45) is 1.52. The molecule has 0 spiro atoms. The van der Waals surface area contributed by atoms with Crippen LogP contribution in [0.5, 0.6) is 0 Å². The highest BCUT2D eigenvalue weighted by molar-refractivity contribution is 7.86. The number of hydrogen-bond acceptors (Lipinski definition) is 4. The Hall–Kier alpha value is -0.130. The van der Waals surface area contributed by atoms with Crippen molar-refractivity contribution in [1.29, 1.82) is 0 Å². The van der Waals surface area contributed by atoms with Crippen molar-refractivity contribution in [3.63, 3.8) is 0 Å². The second-order valence-corrected chi connectivity index (χ2v) is 4.10. The van der Waals surface area contributed by atoms with E-state index in [1.54, 1.807) is 6.92 Å². The monoisotopic (exact) mass is 181 g/mol. The van der Waals surface area contributed by atoms with Gasteiger partial charge in [-0.15, -0.1) is 0 Å². The smallest absolute Gasteiger partial charge is 0.264 e. The highest BCUT2D eigenvalue weighted by Crippen LogP contribution is 1.99. The highest BCUT2D eigenvalue weighted by atomic mass is 32.2. The first-order valence-corrected chi connectivity index (χ1v) is 5.30. The van der Waals surface area contributed by atoms with Gasteiger partial charge in [0.1, 0.15) is 0 Å². The van der Waals surface area contributed by atoms with Crippen LogP contribution in [-0.2, 0) is 14.3 Å². The average Bonchev–Trinajstić information content (AvgIpc) is 1.79. The minimum absolute atomic E-state index is 0.238. The number of hydrogen-bond donors (Lipinski definition) is 1. The van der Waals surface area contributed by atoms with Crippen molar-refractivity contribution in [2.75, 3.05) is 19.8 Å². The summed E-state index contributed by atoms with van der Waals surface area (Å²) in [5.41, 5.74) is 0. The number of nitrogens with one attached hydrogen (secondary N) is 1. The van der Waals surface area contributed by atoms with Crippen LogP contribution in [0.15, 0.2) is 0 Å². The zero-order valence-corrected chi connectivity index (χ0v) is 7.94. The van der Waals surface area contributed by atoms with E-state index in [1.165, 1.54) is 0 Å². The van der Waals surface area contributed by atoms with Crippen LogP contribution in [0.1, 0.15) is 13.3 Å². The molecular formula is C6H15NO3S. The molecule has 0 aliphatic heterocycles. The molecule has 0 aromatic heterocycles. The van der Waals surface area contributed by atoms with E-state index in [2.05, 4.69) is 9.50 Å². The molecule has 0 aromatic rings. The van der Waals surface area contributed by atoms with Crippen molar-refractivity contribution in [3.05, 3.63) is 0 Å². The van der Waals surface area contributed by atoms with Gasteiger partial charge in [-0.2, -0.15) is 8.42 Å². The van der Waals surface area contributed by atoms with Gasteiger partial charge in [0.15, 0.2) is 0 Å². The van der Waals surface area contributed by atoms with Gasteiger partial charge in [0.25, 0.3) is 10.1 Å². The van der Waals surface area contributed by atoms with Gasteiger partial charge in [-0.25, -0.2) is 0 Å². The van der Waals surface area contributed by atoms with Crippen molar-refractivity contribution in [3.8, 4) is 0 Å². The Labute approximate surface area is 68.1 Å². The fourth-order valence-corrected chi connectivity index (χ4v) is 1.39. The molecule has 0 saturated carbocycles. The van der Waals surface area contributed by atoms with E-state index in [1.807, 2.05) is 7.05 Å². The van der Waals surface area contributed by atoms with Crippen LogP contribution in [0.3, 0.4) is 0 Å². The molecule has 4 nitrogen and oxygen atoms in total. The topological polar surface area (TPSA) is 55.4 Å². The van der Waals surface area contributed by atoms with Gasteiger partial charge in [0.05, 0.1) is 12.4 Å². The van der Waals surface area contributed by atoms with Crippen LogP contribution in [-0.4, -0.2) is 34.4 Å². The van der Waals surface area contributed by atoms with Crippen LogP contribution in [0.25, 0.3) is 0 Å². The Kier molecular flexibility index (Phi) is 4.63. The fraction of sp³-hybridized carbons (Fsp3) is 1.00. The molecule has 1 unspecified atom stereocenters. The van der Waals surface area contributed by atoms with Crippen LogP contribution in [0.4, 0.5) is 0 Å². The lowest BCUT2D eigenvalue weighted by molar-refractivity contribution is 0.220. The standard InChI is InChI=1S/C6H15NO3S/c1-6(4-5-7-2)10-11(3,8)9/h6-7H,4-5H2,1-3H3. The van der Waals surface area contributed by atoms with Crippen molar-refractivity contribution < 1.29 is 12.6 Å². The quantitative estimate of drug-likeness (QED) is 0.605. The third-order valence-corrected chi connectivity index (χ3v) is 1.82. The van der Waals surface area contributed by atoms with Gasteiger partial charge in [-0.05, 0) is 26.9 Å². The number of rotatable bonds is 5. The maximum atomic E-state index is 10.6. The van der Waals surface area contributed by atoms with Crippen molar-refractivity contribution in [2.45, 2.75) is 19.4 Å². The molecule has 0 rings (SSSR count). The van der Waals surface area contributed by atoms with E-state index in [0.29, 0.717) is 6.42 Å². The first kappa shape index (κ1) is 10.9. The second kappa shape index (κ2) is 4.69. The molecular weight excluding hydrogens is 166 g/mol. The van der Waals surface area contributed by atoms with Gasteiger partial charge in [0.2, 0.25) is 0 Å². The molecule has 0 aliphatic carbocycles. The van der Waals surface area contributed by atoms with Gasteiger partial charge in [-0.3, -0.25) is 4.18 Å². The third-order valence-electron chi connectivity index (χ3n) is 1.14. The Morgan fingerprint density at radius 2 is 2.09 bits per heavy atom. The van der Waals surface area contributed by atoms with Crippen LogP contribution in [0, 0.1) is 0 Å². The molecule has 5 heteroatoms. The van der Waals surface area contributed by atoms with Crippen LogP contribution < -0.4 is 5.32 Å². The molecule has 0 bridgehead atoms. The summed E-state index contributed by atoms with van der Waals surface area (Å²) in [5, 5.41) is 2.91. The summed E-state index contributed by atoms with van der Waals surface area (Å²) in [6.45, 7) is 2.50. The summed E-state index contributed by atoms with van der Waals surface area (Å²) >= 11 is 0. The van der Waals surface area contributed by atoms with Crippen LogP contribution >= 0.6 is 0 Å². The van der Waals surface area contributed by atoms with E-state index in [9.17, 15) is 8.42 Å². The zero-order valence-electron chi connectivity index (χ0n) is 7.12. The molecule has 68 valence electrons. The first-order valence-electron chi connectivity index (χ1n) is 3.48. The van der Waals surface area contributed by atoms with E-state index in [4.69, 9.17) is 0 Å². The van der Waals surface area contributed by atoms with Gasteiger partial charge < -0.3 is 5.32 Å². The van der Waals surface area contributed by atoms with Gasteiger partial charge in [0, 0.05) is 0 Å². The Balaban J connectivity index is 3.61. The third kappa shape index (κ3) is 7.77. The maximum Gasteiger partial charge on any atom is 0.264 e. The lowest BCUT2D eigenvalue weighted by atomic mass is 10.3. The summed E-state index contributed by atoms with van der Waals surface area (Å²) in [7, 11) is -1.47. The van der Waals surface area contributed by atoms with Crippen molar-refractivity contribution >= 4 is 10.1 Å². The van der Waals surface area contributed by atoms with E-state index >= 15 is 0 Å². The van der Waals surface area contributed by atoms with E-state index < -0.39 is 10.1 Å². The highest BCUT2D eigenvalue weighted by Gasteiger charge is 2.08. The van der Waals surface area contributed by atoms with E-state index in [0.717, 1.165) is 12.8 Å².